The average molecular weight is 1390 g/mol. The van der Waals surface area contributed by atoms with Crippen LogP contribution in [0.5, 0.6) is 0 Å². The zero-order valence-corrected chi connectivity index (χ0v) is 64.8. The van der Waals surface area contributed by atoms with Crippen LogP contribution in [0, 0.1) is 0 Å². The fraction of sp³-hybridized carbons (Fsp3) is 0.507. The summed E-state index contributed by atoms with van der Waals surface area (Å²) in [5.74, 6) is 9.94. The van der Waals surface area contributed by atoms with Crippen molar-refractivity contribution >= 4 is 22.7 Å². The molecule has 98 heavy (non-hydrogen) atoms. The fourth-order valence-corrected chi connectivity index (χ4v) is 8.26. The van der Waals surface area contributed by atoms with Crippen LogP contribution in [0.2, 0.25) is 0 Å². The molecule has 0 aliphatic carbocycles. The Kier molecular flexibility index (Phi) is 43.7. The SMILES string of the molecule is CC(C)(C)c1ccsc1.CC(C)(C)c1cocn1.CC(C)c1ccco1.CC(C)c1cccs1.CC(C)c1ccoc1.CC(C)c1ccon1.CC(C)c1cnc[nH]1.CC(C)c1ncc[nH]1.CC(C)c1ncco1.CC(C)c1ncno1.CC(C)c1ncon1.CC(C)c1nnco1. The molecule has 2 N–H and O–H groups in total. The number of nitrogens with zero attached hydrogens (tertiary/aromatic N) is 11. The highest BCUT2D eigenvalue weighted by atomic mass is 32.1. The molecule has 0 spiro atoms. The lowest BCUT2D eigenvalue weighted by Crippen LogP contribution is -2.10. The number of aromatic nitrogens is 13. The van der Waals surface area contributed by atoms with Gasteiger partial charge >= 0.3 is 0 Å². The minimum Gasteiger partial charge on any atom is -0.472 e. The number of nitrogens with one attached hydrogen (secondary N) is 2. The lowest BCUT2D eigenvalue weighted by molar-refractivity contribution is 0.364. The summed E-state index contributed by atoms with van der Waals surface area (Å²) in [6, 6.07) is 14.2. The van der Waals surface area contributed by atoms with E-state index in [2.05, 4.69) is 234 Å². The second-order valence-electron chi connectivity index (χ2n) is 27.1. The van der Waals surface area contributed by atoms with E-state index in [1.165, 1.54) is 47.2 Å². The molecule has 0 saturated carbocycles. The average Bonchev–Trinajstić information content (AvgIpc) is 2.01. The van der Waals surface area contributed by atoms with Crippen molar-refractivity contribution in [1.29, 1.82) is 0 Å². The maximum Gasteiger partial charge on any atom is 0.228 e. The van der Waals surface area contributed by atoms with Crippen LogP contribution in [0.25, 0.3) is 0 Å². The number of oxazole rings is 2. The highest BCUT2D eigenvalue weighted by Crippen LogP contribution is 2.24. The molecular formula is C75H115N13O8S2. The monoisotopic (exact) mass is 1390 g/mol. The van der Waals surface area contributed by atoms with E-state index >= 15 is 0 Å². The van der Waals surface area contributed by atoms with E-state index in [1.807, 2.05) is 103 Å². The zero-order chi connectivity index (χ0) is 73.6. The number of thiophene rings is 2. The predicted molar refractivity (Wildman–Crippen MR) is 394 cm³/mol. The van der Waals surface area contributed by atoms with Crippen molar-refractivity contribution in [2.75, 3.05) is 0 Å². The van der Waals surface area contributed by atoms with Crippen LogP contribution in [-0.4, -0.2) is 65.5 Å². The molecule has 21 nitrogen and oxygen atoms in total. The molecule has 0 saturated heterocycles. The maximum atomic E-state index is 5.09. The van der Waals surface area contributed by atoms with Crippen LogP contribution < -0.4 is 0 Å². The number of H-pyrrole nitrogens is 2. The third-order valence-electron chi connectivity index (χ3n) is 12.9. The molecular weight excluding hydrogens is 1280 g/mol. The third kappa shape index (κ3) is 40.2. The number of imidazole rings is 2. The molecule has 0 aliphatic heterocycles. The van der Waals surface area contributed by atoms with Crippen molar-refractivity contribution in [3.63, 3.8) is 0 Å². The summed E-state index contributed by atoms with van der Waals surface area (Å²) < 4.78 is 38.5. The Bertz CT molecular complexity index is 2790. The molecule has 0 amide bonds. The molecule has 23 heteroatoms. The Labute approximate surface area is 591 Å². The summed E-state index contributed by atoms with van der Waals surface area (Å²) in [6.45, 7) is 54.7. The lowest BCUT2D eigenvalue weighted by Gasteiger charge is -2.15. The molecule has 0 unspecified atom stereocenters. The Hall–Kier alpha value is -8.57. The molecule has 0 aromatic carbocycles. The van der Waals surface area contributed by atoms with Crippen LogP contribution in [0.4, 0.5) is 0 Å². The van der Waals surface area contributed by atoms with Gasteiger partial charge in [-0.2, -0.15) is 21.3 Å². The number of hydrogen-bond donors (Lipinski definition) is 2. The van der Waals surface area contributed by atoms with Crippen LogP contribution in [0.15, 0.2) is 188 Å². The number of aromatic amines is 2. The Morgan fingerprint density at radius 3 is 1.45 bits per heavy atom. The van der Waals surface area contributed by atoms with Gasteiger partial charge in [-0.3, -0.25) is 0 Å². The molecule has 12 heterocycles. The highest BCUT2D eigenvalue weighted by Gasteiger charge is 2.16. The van der Waals surface area contributed by atoms with Crippen LogP contribution in [0.1, 0.15) is 307 Å². The predicted octanol–water partition coefficient (Wildman–Crippen LogP) is 22.9. The highest BCUT2D eigenvalue weighted by molar-refractivity contribution is 7.10. The number of hydrogen-bond acceptors (Lipinski definition) is 21. The van der Waals surface area contributed by atoms with Gasteiger partial charge < -0.3 is 45.6 Å². The smallest absolute Gasteiger partial charge is 0.228 e. The van der Waals surface area contributed by atoms with Crippen molar-refractivity contribution in [1.82, 2.24) is 65.5 Å². The molecule has 12 rings (SSSR count). The van der Waals surface area contributed by atoms with Crippen molar-refractivity contribution < 1.29 is 35.7 Å². The maximum absolute atomic E-state index is 5.09. The topological polar surface area (TPSA) is 278 Å². The van der Waals surface area contributed by atoms with Gasteiger partial charge in [-0.25, -0.2) is 19.9 Å². The van der Waals surface area contributed by atoms with Gasteiger partial charge in [0.1, 0.15) is 30.4 Å². The molecule has 0 bridgehead atoms. The van der Waals surface area contributed by atoms with E-state index in [-0.39, 0.29) is 5.41 Å². The molecule has 540 valence electrons. The Morgan fingerprint density at radius 2 is 1.20 bits per heavy atom. The first-order chi connectivity index (χ1) is 46.3. The van der Waals surface area contributed by atoms with Crippen molar-refractivity contribution in [2.24, 2.45) is 0 Å². The number of rotatable bonds is 10. The summed E-state index contributed by atoms with van der Waals surface area (Å²) in [6.07, 6.45) is 24.4. The minimum atomic E-state index is 0.118. The largest absolute Gasteiger partial charge is 0.472 e. The van der Waals surface area contributed by atoms with Crippen molar-refractivity contribution in [2.45, 2.75) is 250 Å². The van der Waals surface area contributed by atoms with E-state index in [9.17, 15) is 0 Å². The first kappa shape index (κ1) is 87.4. The normalized spacial score (nSPS) is 10.7. The van der Waals surface area contributed by atoms with Crippen LogP contribution in [-0.2, 0) is 10.8 Å². The summed E-state index contributed by atoms with van der Waals surface area (Å²) in [5.41, 5.74) is 6.38. The summed E-state index contributed by atoms with van der Waals surface area (Å²) in [5, 5.41) is 24.5. The van der Waals surface area contributed by atoms with E-state index in [1.54, 1.807) is 67.6 Å². The van der Waals surface area contributed by atoms with Crippen molar-refractivity contribution in [3.8, 4) is 0 Å². The van der Waals surface area contributed by atoms with Gasteiger partial charge in [0.05, 0.1) is 42.7 Å². The second-order valence-corrected chi connectivity index (χ2v) is 28.9. The quantitative estimate of drug-likeness (QED) is 0.129. The summed E-state index contributed by atoms with van der Waals surface area (Å²) in [7, 11) is 0. The standard InChI is InChI=1S/C8H12S.C7H11NO.2C7H10O.C7H10S.2C6H10N2.2C6H9NO.3C5H8N2O/c1-8(2,3)7-4-5-9-6-7;1-7(2,3)6-4-9-5-8-6;1-6(2)7-3-4-8-5-7;2*1-6(2)7-4-3-5-8-7;1-5(2)6-3-7-4-8-6;2*1-5(2)6-7-3-4-8-6;1-5(2)6-3-4-8-7-6;1-4(2)5-7-6-3-8-5;1-4(2)5-6-3-8-7-5;1-4(2)5-6-3-7-8-5/h4-6H,1-3H3;4-5H,1-3H3;3*3-6H,1-2H3;2*3-5H,1-2H3,(H,7,8);2*3-5H,1-2H3;3*3-4H,1-2H3. The van der Waals surface area contributed by atoms with Crippen molar-refractivity contribution in [3.05, 3.63) is 221 Å². The molecule has 0 atom stereocenters. The fourth-order valence-electron chi connectivity index (χ4n) is 6.63. The lowest BCUT2D eigenvalue weighted by atomic mass is 9.90. The minimum absolute atomic E-state index is 0.118. The molecule has 12 aromatic rings. The van der Waals surface area contributed by atoms with E-state index in [4.69, 9.17) is 26.6 Å². The van der Waals surface area contributed by atoms with Gasteiger partial charge in [0, 0.05) is 76.2 Å². The third-order valence-corrected chi connectivity index (χ3v) is 14.7. The van der Waals surface area contributed by atoms with Gasteiger partial charge in [-0.1, -0.05) is 202 Å². The molecule has 0 radical (unpaired) electrons. The van der Waals surface area contributed by atoms with Gasteiger partial charge in [-0.15, -0.1) is 21.5 Å². The van der Waals surface area contributed by atoms with Gasteiger partial charge in [0.25, 0.3) is 0 Å². The summed E-state index contributed by atoms with van der Waals surface area (Å²) in [4.78, 5) is 31.1. The van der Waals surface area contributed by atoms with Gasteiger partial charge in [0.2, 0.25) is 24.6 Å². The summed E-state index contributed by atoms with van der Waals surface area (Å²) >= 11 is 3.60. The Morgan fingerprint density at radius 1 is 0.490 bits per heavy atom. The second kappa shape index (κ2) is 49.0. The first-order valence-corrected chi connectivity index (χ1v) is 35.1. The zero-order valence-electron chi connectivity index (χ0n) is 63.2. The first-order valence-electron chi connectivity index (χ1n) is 33.3. The van der Waals surface area contributed by atoms with Gasteiger partial charge in [0.15, 0.2) is 24.4 Å². The van der Waals surface area contributed by atoms with E-state index < -0.39 is 0 Å². The Balaban J connectivity index is 0.000000535. The van der Waals surface area contributed by atoms with Crippen LogP contribution in [0.3, 0.4) is 0 Å². The van der Waals surface area contributed by atoms with Crippen LogP contribution >= 0.6 is 22.7 Å². The molecule has 0 aliphatic rings. The van der Waals surface area contributed by atoms with Gasteiger partial charge in [-0.05, 0) is 86.7 Å². The molecule has 0 fully saturated rings. The molecule has 12 aromatic heterocycles. The van der Waals surface area contributed by atoms with E-state index in [0.717, 1.165) is 34.7 Å². The van der Waals surface area contributed by atoms with E-state index in [0.29, 0.717) is 76.4 Å². The number of furan rings is 2.